The summed E-state index contributed by atoms with van der Waals surface area (Å²) in [6, 6.07) is 3.28. The van der Waals surface area contributed by atoms with Gasteiger partial charge in [-0.05, 0) is 18.6 Å². The van der Waals surface area contributed by atoms with Crippen molar-refractivity contribution in [2.24, 2.45) is 0 Å². The maximum Gasteiger partial charge on any atom is 0.327 e. The second-order valence-corrected chi connectivity index (χ2v) is 4.67. The largest absolute Gasteiger partial charge is 0.495 e. The molecule has 1 aromatic rings. The van der Waals surface area contributed by atoms with Gasteiger partial charge in [0, 0.05) is 10.6 Å². The Morgan fingerprint density at radius 2 is 2.38 bits per heavy atom. The molecular weight excluding hydrogens is 226 g/mol. The average Bonchev–Trinajstić information content (AvgIpc) is 2.29. The van der Waals surface area contributed by atoms with Gasteiger partial charge in [0.25, 0.3) is 0 Å². The van der Waals surface area contributed by atoms with E-state index >= 15 is 0 Å². The van der Waals surface area contributed by atoms with E-state index in [-0.39, 0.29) is 0 Å². The molecule has 1 unspecified atom stereocenters. The van der Waals surface area contributed by atoms with Gasteiger partial charge in [0.05, 0.1) is 12.8 Å². The van der Waals surface area contributed by atoms with E-state index in [0.717, 1.165) is 16.1 Å². The number of nitrogens with one attached hydrogen (secondary N) is 1. The Bertz CT molecular complexity index is 433. The van der Waals surface area contributed by atoms with Gasteiger partial charge in [-0.1, -0.05) is 6.07 Å². The molecule has 0 bridgehead atoms. The van der Waals surface area contributed by atoms with E-state index in [0.29, 0.717) is 11.5 Å². The number of rotatable bonds is 2. The van der Waals surface area contributed by atoms with Gasteiger partial charge in [0.1, 0.15) is 11.8 Å². The number of benzene rings is 1. The molecule has 0 amide bonds. The first-order chi connectivity index (χ1) is 7.63. The van der Waals surface area contributed by atoms with Gasteiger partial charge in [-0.25, -0.2) is 4.79 Å². The lowest BCUT2D eigenvalue weighted by atomic mass is 10.2. The number of aryl methyl sites for hydroxylation is 1. The Kier molecular flexibility index (Phi) is 2.96. The van der Waals surface area contributed by atoms with Crippen molar-refractivity contribution < 1.29 is 14.6 Å². The summed E-state index contributed by atoms with van der Waals surface area (Å²) >= 11 is 1.56. The van der Waals surface area contributed by atoms with Gasteiger partial charge in [0.2, 0.25) is 0 Å². The lowest BCUT2D eigenvalue weighted by Gasteiger charge is -2.26. The number of aliphatic carboxylic acids is 1. The number of carbonyl (C=O) groups is 1. The Morgan fingerprint density at radius 3 is 3.00 bits per heavy atom. The lowest BCUT2D eigenvalue weighted by molar-refractivity contribution is -0.137. The topological polar surface area (TPSA) is 58.6 Å². The summed E-state index contributed by atoms with van der Waals surface area (Å²) in [6.45, 7) is 2.01. The van der Waals surface area contributed by atoms with Crippen molar-refractivity contribution in [2.45, 2.75) is 17.9 Å². The van der Waals surface area contributed by atoms with Gasteiger partial charge in [-0.2, -0.15) is 0 Å². The number of fused-ring (bicyclic) bond motifs is 1. The number of carboxylic acid groups (broad SMARTS) is 1. The highest BCUT2D eigenvalue weighted by molar-refractivity contribution is 7.99. The highest BCUT2D eigenvalue weighted by Crippen LogP contribution is 2.41. The highest BCUT2D eigenvalue weighted by atomic mass is 32.2. The molecule has 1 aliphatic heterocycles. The summed E-state index contributed by atoms with van der Waals surface area (Å²) in [7, 11) is 1.58. The summed E-state index contributed by atoms with van der Waals surface area (Å²) in [6.07, 6.45) is 0. The number of methoxy groups -OCH3 is 1. The fourth-order valence-corrected chi connectivity index (χ4v) is 2.84. The smallest absolute Gasteiger partial charge is 0.327 e. The minimum atomic E-state index is -0.832. The predicted octanol–water partition coefficient (Wildman–Crippen LogP) is 1.97. The predicted molar refractivity (Wildman–Crippen MR) is 63.5 cm³/mol. The van der Waals surface area contributed by atoms with Crippen molar-refractivity contribution in [3.63, 3.8) is 0 Å². The van der Waals surface area contributed by atoms with Crippen LogP contribution in [0, 0.1) is 6.92 Å². The molecule has 0 radical (unpaired) electrons. The highest BCUT2D eigenvalue weighted by Gasteiger charge is 2.27. The van der Waals surface area contributed by atoms with E-state index in [9.17, 15) is 4.79 Å². The molecule has 0 fully saturated rings. The first-order valence-electron chi connectivity index (χ1n) is 4.93. The van der Waals surface area contributed by atoms with Crippen LogP contribution in [0.25, 0.3) is 0 Å². The Labute approximate surface area is 98.0 Å². The molecule has 4 nitrogen and oxygen atoms in total. The van der Waals surface area contributed by atoms with Gasteiger partial charge < -0.3 is 15.2 Å². The summed E-state index contributed by atoms with van der Waals surface area (Å²) in [4.78, 5) is 12.0. The molecule has 0 aliphatic carbocycles. The van der Waals surface area contributed by atoms with Gasteiger partial charge in [-0.3, -0.25) is 0 Å². The Hall–Kier alpha value is -1.36. The molecule has 1 atom stereocenters. The quantitative estimate of drug-likeness (QED) is 0.826. The maximum absolute atomic E-state index is 10.9. The molecule has 2 N–H and O–H groups in total. The van der Waals surface area contributed by atoms with Crippen molar-refractivity contribution in [3.05, 3.63) is 17.7 Å². The summed E-state index contributed by atoms with van der Waals surface area (Å²) < 4.78 is 5.23. The van der Waals surface area contributed by atoms with Crippen LogP contribution in [0.5, 0.6) is 5.75 Å². The first-order valence-corrected chi connectivity index (χ1v) is 5.91. The van der Waals surface area contributed by atoms with Crippen molar-refractivity contribution in [1.29, 1.82) is 0 Å². The molecule has 0 spiro atoms. The number of ether oxygens (including phenoxy) is 1. The van der Waals surface area contributed by atoms with Gasteiger partial charge >= 0.3 is 5.97 Å². The zero-order chi connectivity index (χ0) is 11.7. The van der Waals surface area contributed by atoms with Crippen LogP contribution < -0.4 is 10.1 Å². The van der Waals surface area contributed by atoms with E-state index in [2.05, 4.69) is 5.32 Å². The first kappa shape index (κ1) is 11.1. The van der Waals surface area contributed by atoms with Crippen molar-refractivity contribution in [2.75, 3.05) is 18.2 Å². The molecule has 16 heavy (non-hydrogen) atoms. The molecule has 0 saturated heterocycles. The van der Waals surface area contributed by atoms with E-state index in [1.807, 2.05) is 19.1 Å². The Morgan fingerprint density at radius 1 is 1.62 bits per heavy atom. The lowest BCUT2D eigenvalue weighted by Crippen LogP contribution is -2.34. The zero-order valence-corrected chi connectivity index (χ0v) is 9.93. The zero-order valence-electron chi connectivity index (χ0n) is 9.11. The van der Waals surface area contributed by atoms with Crippen molar-refractivity contribution in [3.8, 4) is 5.75 Å². The van der Waals surface area contributed by atoms with E-state index in [1.165, 1.54) is 0 Å². The molecule has 1 heterocycles. The third-order valence-corrected chi connectivity index (χ3v) is 3.86. The Balaban J connectivity index is 2.42. The maximum atomic E-state index is 10.9. The molecule has 1 aliphatic rings. The van der Waals surface area contributed by atoms with Crippen LogP contribution in [0.3, 0.4) is 0 Å². The SMILES string of the molecule is COc1ccc(C)c2c1NC(C(=O)O)CS2. The van der Waals surface area contributed by atoms with Crippen LogP contribution in [-0.2, 0) is 4.79 Å². The molecule has 2 rings (SSSR count). The summed E-state index contributed by atoms with van der Waals surface area (Å²) in [5, 5.41) is 12.0. The average molecular weight is 239 g/mol. The minimum Gasteiger partial charge on any atom is -0.495 e. The molecule has 0 saturated carbocycles. The molecule has 86 valence electrons. The van der Waals surface area contributed by atoms with Gasteiger partial charge in [-0.15, -0.1) is 11.8 Å². The van der Waals surface area contributed by atoms with E-state index in [1.54, 1.807) is 18.9 Å². The number of thioether (sulfide) groups is 1. The second kappa shape index (κ2) is 4.25. The van der Waals surface area contributed by atoms with Gasteiger partial charge in [0.15, 0.2) is 0 Å². The third-order valence-electron chi connectivity index (χ3n) is 2.55. The summed E-state index contributed by atoms with van der Waals surface area (Å²) in [5.41, 5.74) is 1.93. The number of hydrogen-bond donors (Lipinski definition) is 2. The van der Waals surface area contributed by atoms with Crippen LogP contribution >= 0.6 is 11.8 Å². The van der Waals surface area contributed by atoms with Crippen LogP contribution in [-0.4, -0.2) is 30.0 Å². The molecule has 5 heteroatoms. The van der Waals surface area contributed by atoms with Crippen LogP contribution in [0.4, 0.5) is 5.69 Å². The molecule has 1 aromatic carbocycles. The number of anilines is 1. The third kappa shape index (κ3) is 1.82. The standard InChI is InChI=1S/C11H13NO3S/c1-6-3-4-8(15-2)9-10(6)16-5-7(12-9)11(13)14/h3-4,7,12H,5H2,1-2H3,(H,13,14). The normalized spacial score (nSPS) is 18.5. The van der Waals surface area contributed by atoms with Crippen LogP contribution in [0.1, 0.15) is 5.56 Å². The van der Waals surface area contributed by atoms with Crippen molar-refractivity contribution in [1.82, 2.24) is 0 Å². The van der Waals surface area contributed by atoms with Crippen molar-refractivity contribution >= 4 is 23.4 Å². The minimum absolute atomic E-state index is 0.538. The number of hydrogen-bond acceptors (Lipinski definition) is 4. The fourth-order valence-electron chi connectivity index (χ4n) is 1.68. The monoisotopic (exact) mass is 239 g/mol. The van der Waals surface area contributed by atoms with E-state index < -0.39 is 12.0 Å². The number of carboxylic acids is 1. The van der Waals surface area contributed by atoms with Crippen LogP contribution in [0.15, 0.2) is 17.0 Å². The second-order valence-electron chi connectivity index (χ2n) is 3.64. The molecular formula is C11H13NO3S. The van der Waals surface area contributed by atoms with Crippen LogP contribution in [0.2, 0.25) is 0 Å². The van der Waals surface area contributed by atoms with E-state index in [4.69, 9.17) is 9.84 Å². The molecule has 0 aromatic heterocycles. The summed E-state index contributed by atoms with van der Waals surface area (Å²) in [5.74, 6) is 0.400. The fraction of sp³-hybridized carbons (Fsp3) is 0.364.